The first-order valence-corrected chi connectivity index (χ1v) is 11.7. The maximum absolute atomic E-state index is 14.2. The maximum atomic E-state index is 14.2. The van der Waals surface area contributed by atoms with E-state index in [0.29, 0.717) is 31.9 Å². The number of anilines is 2. The van der Waals surface area contributed by atoms with Crippen LogP contribution in [0.2, 0.25) is 0 Å². The van der Waals surface area contributed by atoms with Crippen molar-refractivity contribution in [2.75, 3.05) is 42.5 Å². The molecule has 0 aromatic heterocycles. The van der Waals surface area contributed by atoms with Gasteiger partial charge >= 0.3 is 0 Å². The van der Waals surface area contributed by atoms with E-state index < -0.39 is 0 Å². The minimum absolute atomic E-state index is 0.00727. The summed E-state index contributed by atoms with van der Waals surface area (Å²) < 4.78 is 14.2. The van der Waals surface area contributed by atoms with E-state index in [-0.39, 0.29) is 30.1 Å². The Hall–Kier alpha value is -3.22. The second-order valence-corrected chi connectivity index (χ2v) is 9.22. The predicted octanol–water partition coefficient (Wildman–Crippen LogP) is 4.01. The van der Waals surface area contributed by atoms with Crippen LogP contribution in [0.25, 0.3) is 0 Å². The van der Waals surface area contributed by atoms with Crippen LogP contribution in [0.4, 0.5) is 21.5 Å². The molecule has 7 heteroatoms. The minimum atomic E-state index is -0.248. The van der Waals surface area contributed by atoms with Gasteiger partial charge in [-0.3, -0.25) is 14.6 Å². The first-order chi connectivity index (χ1) is 15.9. The lowest BCUT2D eigenvalue weighted by atomic mass is 10.0. The molecular weight excluding hydrogens is 419 g/mol. The highest BCUT2D eigenvalue weighted by molar-refractivity contribution is 6.16. The van der Waals surface area contributed by atoms with E-state index in [2.05, 4.69) is 0 Å². The summed E-state index contributed by atoms with van der Waals surface area (Å²) >= 11 is 0. The summed E-state index contributed by atoms with van der Waals surface area (Å²) in [6.07, 6.45) is 2.58. The molecule has 2 fully saturated rings. The second-order valence-electron chi connectivity index (χ2n) is 9.22. The van der Waals surface area contributed by atoms with Crippen LogP contribution in [0.5, 0.6) is 0 Å². The summed E-state index contributed by atoms with van der Waals surface area (Å²) in [5.74, 6) is -0.584. The molecule has 0 spiro atoms. The van der Waals surface area contributed by atoms with Gasteiger partial charge < -0.3 is 14.7 Å². The van der Waals surface area contributed by atoms with Gasteiger partial charge in [-0.15, -0.1) is 0 Å². The Balaban J connectivity index is 1.35. The van der Waals surface area contributed by atoms with Gasteiger partial charge in [0.25, 0.3) is 0 Å². The number of carbonyl (C=O) groups excluding carboxylic acids is 2. The molecule has 2 heterocycles. The lowest BCUT2D eigenvalue weighted by Crippen LogP contribution is -2.52. The molecule has 2 aliphatic heterocycles. The molecule has 2 aromatic rings. The smallest absolute Gasteiger partial charge is 0.242 e. The number of benzene rings is 2. The maximum Gasteiger partial charge on any atom is 0.242 e. The molecule has 6 nitrogen and oxygen atoms in total. The zero-order chi connectivity index (χ0) is 23.1. The first-order valence-electron chi connectivity index (χ1n) is 11.7. The molecule has 1 unspecified atom stereocenters. The Labute approximate surface area is 193 Å². The van der Waals surface area contributed by atoms with Crippen LogP contribution < -0.4 is 9.80 Å². The van der Waals surface area contributed by atoms with Crippen LogP contribution in [0, 0.1) is 25.6 Å². The normalized spacial score (nSPS) is 20.3. The minimum Gasteiger partial charge on any atom is -0.366 e. The highest BCUT2D eigenvalue weighted by Gasteiger charge is 2.38. The van der Waals surface area contributed by atoms with Crippen molar-refractivity contribution < 1.29 is 14.0 Å². The number of rotatable bonds is 3. The van der Waals surface area contributed by atoms with Crippen molar-refractivity contribution in [3.05, 3.63) is 53.3 Å². The van der Waals surface area contributed by atoms with Crippen LogP contribution in [-0.4, -0.2) is 55.1 Å². The fraction of sp³-hybridized carbons (Fsp3) is 0.423. The van der Waals surface area contributed by atoms with E-state index in [4.69, 9.17) is 4.99 Å². The molecule has 33 heavy (non-hydrogen) atoms. The molecule has 0 bridgehead atoms. The van der Waals surface area contributed by atoms with Crippen LogP contribution in [0.1, 0.15) is 30.4 Å². The standard InChI is InChI=1S/C26H29FN4O2/c1-17-14-22-24(15-18(17)2)31(26(33)19-6-5-8-21(19)28-22)16-25(32)30-12-10-29(11-13-30)23-9-4-3-7-20(23)27/h3-4,7,9,14-15,19H,5-6,8,10-13,16H2,1-2H3. The van der Waals surface area contributed by atoms with Crippen LogP contribution in [0.15, 0.2) is 41.4 Å². The third-order valence-corrected chi connectivity index (χ3v) is 7.16. The Kier molecular flexibility index (Phi) is 5.64. The van der Waals surface area contributed by atoms with Gasteiger partial charge in [-0.05, 0) is 68.5 Å². The van der Waals surface area contributed by atoms with Crippen molar-refractivity contribution in [2.45, 2.75) is 33.1 Å². The number of piperazine rings is 1. The Morgan fingerprint density at radius 2 is 1.79 bits per heavy atom. The molecule has 1 aliphatic carbocycles. The van der Waals surface area contributed by atoms with Gasteiger partial charge in [0.2, 0.25) is 11.8 Å². The van der Waals surface area contributed by atoms with E-state index in [1.54, 1.807) is 21.9 Å². The van der Waals surface area contributed by atoms with Crippen molar-refractivity contribution in [3.63, 3.8) is 0 Å². The number of halogens is 1. The van der Waals surface area contributed by atoms with Crippen molar-refractivity contribution in [3.8, 4) is 0 Å². The average molecular weight is 449 g/mol. The molecule has 3 aliphatic rings. The van der Waals surface area contributed by atoms with Crippen molar-refractivity contribution in [1.29, 1.82) is 0 Å². The van der Waals surface area contributed by atoms with Crippen LogP contribution >= 0.6 is 0 Å². The summed E-state index contributed by atoms with van der Waals surface area (Å²) in [5, 5.41) is 0. The fourth-order valence-corrected chi connectivity index (χ4v) is 5.08. The topological polar surface area (TPSA) is 56.2 Å². The van der Waals surface area contributed by atoms with Gasteiger partial charge in [0.15, 0.2) is 0 Å². The molecule has 1 saturated heterocycles. The highest BCUT2D eigenvalue weighted by atomic mass is 19.1. The van der Waals surface area contributed by atoms with Gasteiger partial charge in [0, 0.05) is 31.9 Å². The van der Waals surface area contributed by atoms with Crippen molar-refractivity contribution in [1.82, 2.24) is 4.90 Å². The Morgan fingerprint density at radius 1 is 1.06 bits per heavy atom. The second kappa shape index (κ2) is 8.61. The first kappa shape index (κ1) is 21.6. The highest BCUT2D eigenvalue weighted by Crippen LogP contribution is 2.39. The van der Waals surface area contributed by atoms with Gasteiger partial charge in [-0.1, -0.05) is 12.1 Å². The molecule has 1 saturated carbocycles. The number of amides is 2. The number of nitrogens with zero attached hydrogens (tertiary/aromatic N) is 4. The zero-order valence-corrected chi connectivity index (χ0v) is 19.2. The molecule has 0 N–H and O–H groups in total. The number of hydrogen-bond donors (Lipinski definition) is 0. The predicted molar refractivity (Wildman–Crippen MR) is 128 cm³/mol. The zero-order valence-electron chi connectivity index (χ0n) is 19.2. The van der Waals surface area contributed by atoms with Crippen LogP contribution in [-0.2, 0) is 9.59 Å². The molecule has 2 aromatic carbocycles. The van der Waals surface area contributed by atoms with Gasteiger partial charge in [-0.25, -0.2) is 4.39 Å². The molecule has 0 radical (unpaired) electrons. The SMILES string of the molecule is Cc1cc2c(cc1C)N(CC(=O)N1CCN(c3ccccc3F)CC1)C(=O)C1CCCC1=N2. The third kappa shape index (κ3) is 4.01. The molecule has 1 atom stereocenters. The third-order valence-electron chi connectivity index (χ3n) is 7.16. The van der Waals surface area contributed by atoms with E-state index in [1.807, 2.05) is 36.9 Å². The molecule has 172 valence electrons. The van der Waals surface area contributed by atoms with E-state index in [9.17, 15) is 14.0 Å². The Morgan fingerprint density at radius 3 is 2.55 bits per heavy atom. The molecule has 2 amide bonds. The number of hydrogen-bond acceptors (Lipinski definition) is 4. The monoisotopic (exact) mass is 448 g/mol. The van der Waals surface area contributed by atoms with Crippen molar-refractivity contribution in [2.24, 2.45) is 10.9 Å². The summed E-state index contributed by atoms with van der Waals surface area (Å²) in [5.41, 5.74) is 5.21. The molecular formula is C26H29FN4O2. The number of carbonyl (C=O) groups is 2. The van der Waals surface area contributed by atoms with Gasteiger partial charge in [0.1, 0.15) is 12.4 Å². The number of fused-ring (bicyclic) bond motifs is 2. The summed E-state index contributed by atoms with van der Waals surface area (Å²) in [7, 11) is 0. The lowest BCUT2D eigenvalue weighted by molar-refractivity contribution is -0.132. The van der Waals surface area contributed by atoms with Crippen LogP contribution in [0.3, 0.4) is 0 Å². The van der Waals surface area contributed by atoms with E-state index >= 15 is 0 Å². The lowest BCUT2D eigenvalue weighted by Gasteiger charge is -2.37. The number of para-hydroxylation sites is 1. The number of aliphatic imine (C=N–C) groups is 1. The van der Waals surface area contributed by atoms with Crippen molar-refractivity contribution >= 4 is 34.6 Å². The summed E-state index contributed by atoms with van der Waals surface area (Å²) in [6, 6.07) is 10.7. The average Bonchev–Trinajstić information content (AvgIpc) is 3.24. The summed E-state index contributed by atoms with van der Waals surface area (Å²) in [4.78, 5) is 37.1. The summed E-state index contributed by atoms with van der Waals surface area (Å²) in [6.45, 7) is 6.19. The van der Waals surface area contributed by atoms with E-state index in [0.717, 1.165) is 47.5 Å². The molecule has 5 rings (SSSR count). The fourth-order valence-electron chi connectivity index (χ4n) is 5.08. The quantitative estimate of drug-likeness (QED) is 0.713. The number of aryl methyl sites for hydroxylation is 2. The largest absolute Gasteiger partial charge is 0.366 e. The van der Waals surface area contributed by atoms with E-state index in [1.165, 1.54) is 6.07 Å². The Bertz CT molecular complexity index is 1140. The van der Waals surface area contributed by atoms with Gasteiger partial charge in [-0.2, -0.15) is 0 Å². The van der Waals surface area contributed by atoms with Gasteiger partial charge in [0.05, 0.1) is 23.0 Å².